The second kappa shape index (κ2) is 8.69. The first-order chi connectivity index (χ1) is 9.93. The zero-order chi connectivity index (χ0) is 15.8. The fraction of sp³-hybridized carbons (Fsp3) is 0.467. The van der Waals surface area contributed by atoms with E-state index < -0.39 is 6.04 Å². The Labute approximate surface area is 130 Å². The summed E-state index contributed by atoms with van der Waals surface area (Å²) in [6.07, 6.45) is 2.63. The third-order valence-electron chi connectivity index (χ3n) is 2.91. The van der Waals surface area contributed by atoms with Crippen LogP contribution >= 0.6 is 11.8 Å². The molecule has 0 saturated heterocycles. The molecule has 1 aromatic carbocycles. The minimum absolute atomic E-state index is 0.0362. The summed E-state index contributed by atoms with van der Waals surface area (Å²) >= 11 is 1.66. The summed E-state index contributed by atoms with van der Waals surface area (Å²) in [7, 11) is 0. The van der Waals surface area contributed by atoms with Gasteiger partial charge >= 0.3 is 0 Å². The molecule has 1 atom stereocenters. The van der Waals surface area contributed by atoms with E-state index in [2.05, 4.69) is 10.6 Å². The summed E-state index contributed by atoms with van der Waals surface area (Å²) < 4.78 is 0. The highest BCUT2D eigenvalue weighted by molar-refractivity contribution is 7.98. The maximum Gasteiger partial charge on any atom is 0.241 e. The smallest absolute Gasteiger partial charge is 0.241 e. The van der Waals surface area contributed by atoms with Crippen molar-refractivity contribution in [2.75, 3.05) is 22.6 Å². The first kappa shape index (κ1) is 17.5. The second-order valence-electron chi connectivity index (χ2n) is 5.10. The Balaban J connectivity index is 2.54. The molecule has 0 spiro atoms. The van der Waals surface area contributed by atoms with Gasteiger partial charge in [0.15, 0.2) is 0 Å². The largest absolute Gasteiger partial charge is 0.326 e. The summed E-state index contributed by atoms with van der Waals surface area (Å²) in [5, 5.41) is 5.56. The molecule has 4 N–H and O–H groups in total. The number of hydrogen-bond acceptors (Lipinski definition) is 4. The van der Waals surface area contributed by atoms with Crippen LogP contribution in [0.5, 0.6) is 0 Å². The SMILES string of the molecule is CSCC[C@@H](N)C(=O)Nc1ccc(NC(=O)C(C)C)cc1. The van der Waals surface area contributed by atoms with Crippen LogP contribution in [0.25, 0.3) is 0 Å². The minimum atomic E-state index is -0.502. The van der Waals surface area contributed by atoms with Gasteiger partial charge in [-0.3, -0.25) is 9.59 Å². The Morgan fingerprint density at radius 1 is 1.10 bits per heavy atom. The lowest BCUT2D eigenvalue weighted by molar-refractivity contribution is -0.119. The summed E-state index contributed by atoms with van der Waals surface area (Å²) in [4.78, 5) is 23.4. The van der Waals surface area contributed by atoms with Crippen LogP contribution < -0.4 is 16.4 Å². The molecule has 0 bridgehead atoms. The molecule has 0 unspecified atom stereocenters. The Kier molecular flexibility index (Phi) is 7.25. The van der Waals surface area contributed by atoms with Crippen molar-refractivity contribution in [3.8, 4) is 0 Å². The Morgan fingerprint density at radius 3 is 2.00 bits per heavy atom. The monoisotopic (exact) mass is 309 g/mol. The van der Waals surface area contributed by atoms with E-state index >= 15 is 0 Å². The fourth-order valence-corrected chi connectivity index (χ4v) is 2.02. The molecule has 6 heteroatoms. The molecule has 5 nitrogen and oxygen atoms in total. The topological polar surface area (TPSA) is 84.2 Å². The van der Waals surface area contributed by atoms with Crippen molar-refractivity contribution < 1.29 is 9.59 Å². The van der Waals surface area contributed by atoms with Gasteiger partial charge in [0.1, 0.15) is 0 Å². The number of carbonyl (C=O) groups is 2. The number of thioether (sulfide) groups is 1. The molecule has 0 radical (unpaired) electrons. The highest BCUT2D eigenvalue weighted by atomic mass is 32.2. The quantitative estimate of drug-likeness (QED) is 0.721. The van der Waals surface area contributed by atoms with Crippen LogP contribution in [-0.2, 0) is 9.59 Å². The van der Waals surface area contributed by atoms with E-state index in [1.165, 1.54) is 0 Å². The maximum atomic E-state index is 11.9. The molecule has 1 rings (SSSR count). The molecule has 0 aliphatic carbocycles. The summed E-state index contributed by atoms with van der Waals surface area (Å²) in [6, 6.07) is 6.49. The molecule has 0 aromatic heterocycles. The van der Waals surface area contributed by atoms with Crippen LogP contribution in [0.1, 0.15) is 20.3 Å². The lowest BCUT2D eigenvalue weighted by atomic mass is 10.2. The lowest BCUT2D eigenvalue weighted by Gasteiger charge is -2.12. The number of nitrogens with one attached hydrogen (secondary N) is 2. The van der Waals surface area contributed by atoms with E-state index in [0.29, 0.717) is 17.8 Å². The Morgan fingerprint density at radius 2 is 1.57 bits per heavy atom. The van der Waals surface area contributed by atoms with Gasteiger partial charge < -0.3 is 16.4 Å². The Hall–Kier alpha value is -1.53. The van der Waals surface area contributed by atoms with Crippen LogP contribution in [0.2, 0.25) is 0 Å². The van der Waals surface area contributed by atoms with E-state index in [9.17, 15) is 9.59 Å². The van der Waals surface area contributed by atoms with Gasteiger partial charge in [-0.15, -0.1) is 0 Å². The molecule has 0 heterocycles. The molecule has 0 saturated carbocycles. The minimum Gasteiger partial charge on any atom is -0.326 e. The van der Waals surface area contributed by atoms with Crippen LogP contribution in [0, 0.1) is 5.92 Å². The molecule has 0 aliphatic heterocycles. The number of rotatable bonds is 7. The van der Waals surface area contributed by atoms with Crippen molar-refractivity contribution in [1.29, 1.82) is 0 Å². The zero-order valence-electron chi connectivity index (χ0n) is 12.7. The molecule has 0 aliphatic rings. The molecule has 116 valence electrons. The highest BCUT2D eigenvalue weighted by Crippen LogP contribution is 2.15. The molecule has 1 aromatic rings. The number of nitrogens with two attached hydrogens (primary N) is 1. The van der Waals surface area contributed by atoms with Crippen molar-refractivity contribution in [3.63, 3.8) is 0 Å². The normalized spacial score (nSPS) is 12.0. The Bertz CT molecular complexity index is 474. The summed E-state index contributed by atoms with van der Waals surface area (Å²) in [5.41, 5.74) is 7.17. The first-order valence-corrected chi connectivity index (χ1v) is 8.29. The van der Waals surface area contributed by atoms with Gasteiger partial charge in [-0.1, -0.05) is 13.8 Å². The van der Waals surface area contributed by atoms with Crippen molar-refractivity contribution in [3.05, 3.63) is 24.3 Å². The first-order valence-electron chi connectivity index (χ1n) is 6.90. The fourth-order valence-electron chi connectivity index (χ4n) is 1.53. The van der Waals surface area contributed by atoms with E-state index in [4.69, 9.17) is 5.73 Å². The molecular formula is C15H23N3O2S. The number of amides is 2. The van der Waals surface area contributed by atoms with Crippen LogP contribution in [0.15, 0.2) is 24.3 Å². The van der Waals surface area contributed by atoms with Crippen molar-refractivity contribution in [2.45, 2.75) is 26.3 Å². The average Bonchev–Trinajstić information content (AvgIpc) is 2.46. The molecular weight excluding hydrogens is 286 g/mol. The van der Waals surface area contributed by atoms with Crippen molar-refractivity contribution in [2.24, 2.45) is 11.7 Å². The molecule has 21 heavy (non-hydrogen) atoms. The third-order valence-corrected chi connectivity index (χ3v) is 3.56. The standard InChI is InChI=1S/C15H23N3O2S/c1-10(2)14(19)17-11-4-6-12(7-5-11)18-15(20)13(16)8-9-21-3/h4-7,10,13H,8-9,16H2,1-3H3,(H,17,19)(H,18,20)/t13-/m1/s1. The van der Waals surface area contributed by atoms with Crippen molar-refractivity contribution in [1.82, 2.24) is 0 Å². The van der Waals surface area contributed by atoms with Crippen LogP contribution in [-0.4, -0.2) is 29.9 Å². The van der Waals surface area contributed by atoms with Gasteiger partial charge in [0.25, 0.3) is 0 Å². The lowest BCUT2D eigenvalue weighted by Crippen LogP contribution is -2.36. The number of hydrogen-bond donors (Lipinski definition) is 3. The van der Waals surface area contributed by atoms with Gasteiger partial charge in [-0.05, 0) is 42.7 Å². The maximum absolute atomic E-state index is 11.9. The van der Waals surface area contributed by atoms with Gasteiger partial charge in [0.05, 0.1) is 6.04 Å². The molecule has 2 amide bonds. The highest BCUT2D eigenvalue weighted by Gasteiger charge is 2.13. The van der Waals surface area contributed by atoms with Gasteiger partial charge in [0, 0.05) is 17.3 Å². The van der Waals surface area contributed by atoms with E-state index in [1.54, 1.807) is 36.0 Å². The number of benzene rings is 1. The summed E-state index contributed by atoms with van der Waals surface area (Å²) in [6.45, 7) is 3.67. The van der Waals surface area contributed by atoms with Gasteiger partial charge in [-0.25, -0.2) is 0 Å². The van der Waals surface area contributed by atoms with Crippen molar-refractivity contribution >= 4 is 35.0 Å². The summed E-state index contributed by atoms with van der Waals surface area (Å²) in [5.74, 6) is 0.557. The number of anilines is 2. The van der Waals surface area contributed by atoms with E-state index in [1.807, 2.05) is 20.1 Å². The van der Waals surface area contributed by atoms with Crippen LogP contribution in [0.3, 0.4) is 0 Å². The zero-order valence-corrected chi connectivity index (χ0v) is 13.5. The van der Waals surface area contributed by atoms with E-state index in [-0.39, 0.29) is 17.7 Å². The van der Waals surface area contributed by atoms with Gasteiger partial charge in [-0.2, -0.15) is 11.8 Å². The predicted octanol–water partition coefficient (Wildman–Crippen LogP) is 2.30. The predicted molar refractivity (Wildman–Crippen MR) is 89.5 cm³/mol. The van der Waals surface area contributed by atoms with Crippen LogP contribution in [0.4, 0.5) is 11.4 Å². The van der Waals surface area contributed by atoms with E-state index in [0.717, 1.165) is 5.75 Å². The number of carbonyl (C=O) groups excluding carboxylic acids is 2. The second-order valence-corrected chi connectivity index (χ2v) is 6.08. The molecule has 0 fully saturated rings. The third kappa shape index (κ3) is 6.18. The van der Waals surface area contributed by atoms with Gasteiger partial charge in [0.2, 0.25) is 11.8 Å². The average molecular weight is 309 g/mol.